The van der Waals surface area contributed by atoms with Crippen molar-refractivity contribution in [2.24, 2.45) is 0 Å². The summed E-state index contributed by atoms with van der Waals surface area (Å²) in [7, 11) is 0. The van der Waals surface area contributed by atoms with Crippen LogP contribution in [0.4, 0.5) is 5.13 Å². The molecule has 0 radical (unpaired) electrons. The van der Waals surface area contributed by atoms with Crippen LogP contribution in [0.1, 0.15) is 67.7 Å². The van der Waals surface area contributed by atoms with Gasteiger partial charge in [0.1, 0.15) is 4.88 Å². The fraction of sp³-hybridized carbons (Fsp3) is 0.765. The Morgan fingerprint density at radius 3 is 2.78 bits per heavy atom. The molecule has 0 aliphatic heterocycles. The molecule has 2 N–H and O–H groups in total. The maximum absolute atomic E-state index is 12.3. The quantitative estimate of drug-likeness (QED) is 0.708. The number of anilines is 1. The molecule has 1 aliphatic carbocycles. The molecule has 0 saturated heterocycles. The number of nitrogens with one attached hydrogen (secondary N) is 2. The van der Waals surface area contributed by atoms with Gasteiger partial charge in [0.25, 0.3) is 5.91 Å². The van der Waals surface area contributed by atoms with Crippen LogP contribution in [0.5, 0.6) is 0 Å². The Hall–Kier alpha value is -1.14. The fourth-order valence-electron chi connectivity index (χ4n) is 2.76. The molecule has 0 bridgehead atoms. The molecule has 0 atom stereocenters. The monoisotopic (exact) mass is 339 g/mol. The molecule has 2 rings (SSSR count). The second kappa shape index (κ2) is 9.23. The lowest BCUT2D eigenvalue weighted by Crippen LogP contribution is -2.25. The van der Waals surface area contributed by atoms with Crippen molar-refractivity contribution in [2.45, 2.75) is 71.4 Å². The molecule has 6 heteroatoms. The van der Waals surface area contributed by atoms with Gasteiger partial charge in [-0.2, -0.15) is 0 Å². The third-order valence-corrected chi connectivity index (χ3v) is 5.08. The average Bonchev–Trinajstić information content (AvgIpc) is 2.88. The Morgan fingerprint density at radius 1 is 1.35 bits per heavy atom. The Morgan fingerprint density at radius 2 is 2.09 bits per heavy atom. The third-order valence-electron chi connectivity index (χ3n) is 3.99. The van der Waals surface area contributed by atoms with E-state index in [1.54, 1.807) is 0 Å². The molecular weight excluding hydrogens is 310 g/mol. The van der Waals surface area contributed by atoms with Crippen LogP contribution in [0.3, 0.4) is 0 Å². The highest BCUT2D eigenvalue weighted by molar-refractivity contribution is 7.17. The smallest absolute Gasteiger partial charge is 0.263 e. The van der Waals surface area contributed by atoms with Crippen molar-refractivity contribution in [3.8, 4) is 0 Å². The zero-order valence-electron chi connectivity index (χ0n) is 14.5. The van der Waals surface area contributed by atoms with Crippen LogP contribution in [0.15, 0.2) is 0 Å². The highest BCUT2D eigenvalue weighted by atomic mass is 32.1. The first kappa shape index (κ1) is 18.2. The number of hydrogen-bond donors (Lipinski definition) is 2. The van der Waals surface area contributed by atoms with Crippen molar-refractivity contribution in [1.82, 2.24) is 10.3 Å². The molecule has 1 saturated carbocycles. The first-order chi connectivity index (χ1) is 11.1. The Balaban J connectivity index is 1.78. The summed E-state index contributed by atoms with van der Waals surface area (Å²) < 4.78 is 5.47. The van der Waals surface area contributed by atoms with Crippen LogP contribution in [0.25, 0.3) is 0 Å². The minimum absolute atomic E-state index is 0.0266. The van der Waals surface area contributed by atoms with Gasteiger partial charge < -0.3 is 15.4 Å². The maximum atomic E-state index is 12.3. The van der Waals surface area contributed by atoms with E-state index in [2.05, 4.69) is 15.6 Å². The number of aromatic nitrogens is 1. The van der Waals surface area contributed by atoms with E-state index in [0.29, 0.717) is 24.1 Å². The van der Waals surface area contributed by atoms with Crippen molar-refractivity contribution < 1.29 is 9.53 Å². The van der Waals surface area contributed by atoms with Gasteiger partial charge in [-0.3, -0.25) is 4.79 Å². The molecule has 0 spiro atoms. The highest BCUT2D eigenvalue weighted by Crippen LogP contribution is 2.26. The minimum Gasteiger partial charge on any atom is -0.379 e. The van der Waals surface area contributed by atoms with E-state index in [9.17, 15) is 4.79 Å². The zero-order chi connectivity index (χ0) is 16.7. The van der Waals surface area contributed by atoms with Gasteiger partial charge in [0.05, 0.1) is 11.8 Å². The van der Waals surface area contributed by atoms with Crippen molar-refractivity contribution in [1.29, 1.82) is 0 Å². The molecule has 130 valence electrons. The normalized spacial score (nSPS) is 15.8. The molecule has 23 heavy (non-hydrogen) atoms. The Bertz CT molecular complexity index is 496. The Labute approximate surface area is 143 Å². The largest absolute Gasteiger partial charge is 0.379 e. The summed E-state index contributed by atoms with van der Waals surface area (Å²) in [5.41, 5.74) is 0.809. The van der Waals surface area contributed by atoms with Crippen LogP contribution >= 0.6 is 11.3 Å². The van der Waals surface area contributed by atoms with Crippen LogP contribution in [0, 0.1) is 6.92 Å². The number of thiazole rings is 1. The summed E-state index contributed by atoms with van der Waals surface area (Å²) >= 11 is 1.46. The molecule has 5 nitrogen and oxygen atoms in total. The Kier molecular flexibility index (Phi) is 7.30. The first-order valence-corrected chi connectivity index (χ1v) is 9.51. The van der Waals surface area contributed by atoms with Gasteiger partial charge in [-0.05, 0) is 40.0 Å². The van der Waals surface area contributed by atoms with Crippen molar-refractivity contribution in [3.63, 3.8) is 0 Å². The van der Waals surface area contributed by atoms with E-state index in [4.69, 9.17) is 4.74 Å². The van der Waals surface area contributed by atoms with E-state index >= 15 is 0 Å². The summed E-state index contributed by atoms with van der Waals surface area (Å²) in [6, 6.07) is 0.512. The highest BCUT2D eigenvalue weighted by Gasteiger charge is 2.18. The predicted molar refractivity (Wildman–Crippen MR) is 95.4 cm³/mol. The van der Waals surface area contributed by atoms with E-state index in [1.807, 2.05) is 20.8 Å². The van der Waals surface area contributed by atoms with Crippen LogP contribution in [-0.2, 0) is 4.74 Å². The van der Waals surface area contributed by atoms with Gasteiger partial charge in [-0.1, -0.05) is 30.6 Å². The molecule has 1 aromatic heterocycles. The zero-order valence-corrected chi connectivity index (χ0v) is 15.3. The number of aryl methyl sites for hydroxylation is 1. The van der Waals surface area contributed by atoms with Crippen LogP contribution in [0.2, 0.25) is 0 Å². The van der Waals surface area contributed by atoms with E-state index in [0.717, 1.165) is 17.2 Å². The van der Waals surface area contributed by atoms with E-state index in [1.165, 1.54) is 43.4 Å². The van der Waals surface area contributed by atoms with Crippen molar-refractivity contribution >= 4 is 22.4 Å². The number of carbonyl (C=O) groups excluding carboxylic acids is 1. The van der Waals surface area contributed by atoms with Gasteiger partial charge in [0, 0.05) is 19.2 Å². The lowest BCUT2D eigenvalue weighted by atomic mass is 9.96. The number of hydrogen-bond acceptors (Lipinski definition) is 5. The van der Waals surface area contributed by atoms with E-state index < -0.39 is 0 Å². The number of carbonyl (C=O) groups is 1. The third kappa shape index (κ3) is 6.11. The fourth-order valence-corrected chi connectivity index (χ4v) is 3.72. The topological polar surface area (TPSA) is 63.2 Å². The average molecular weight is 340 g/mol. The molecule has 1 aliphatic rings. The molecule has 1 amide bonds. The standard InChI is InChI=1S/C17H29N3O2S/c1-12(2)22-11-7-10-18-16(21)15-13(3)19-17(23-15)20-14-8-5-4-6-9-14/h12,14H,4-11H2,1-3H3,(H,18,21)(H,19,20). The van der Waals surface area contributed by atoms with Crippen LogP contribution < -0.4 is 10.6 Å². The number of amides is 1. The van der Waals surface area contributed by atoms with Gasteiger partial charge >= 0.3 is 0 Å². The lowest BCUT2D eigenvalue weighted by molar-refractivity contribution is 0.0757. The van der Waals surface area contributed by atoms with Gasteiger partial charge in [0.15, 0.2) is 5.13 Å². The SMILES string of the molecule is Cc1nc(NC2CCCCC2)sc1C(=O)NCCCOC(C)C. The minimum atomic E-state index is -0.0266. The van der Waals surface area contributed by atoms with Crippen molar-refractivity contribution in [2.75, 3.05) is 18.5 Å². The maximum Gasteiger partial charge on any atom is 0.263 e. The molecule has 0 aromatic carbocycles. The molecule has 0 unspecified atom stereocenters. The van der Waals surface area contributed by atoms with Gasteiger partial charge in [-0.15, -0.1) is 0 Å². The summed E-state index contributed by atoms with van der Waals surface area (Å²) in [5.74, 6) is -0.0266. The van der Waals surface area contributed by atoms with Gasteiger partial charge in [-0.25, -0.2) is 4.98 Å². The first-order valence-electron chi connectivity index (χ1n) is 8.70. The molecule has 1 fully saturated rings. The number of nitrogens with zero attached hydrogens (tertiary/aromatic N) is 1. The van der Waals surface area contributed by atoms with Crippen molar-refractivity contribution in [3.05, 3.63) is 10.6 Å². The summed E-state index contributed by atoms with van der Waals surface area (Å²) in [6.45, 7) is 7.24. The summed E-state index contributed by atoms with van der Waals surface area (Å²) in [5, 5.41) is 7.32. The number of ether oxygens (including phenoxy) is 1. The predicted octanol–water partition coefficient (Wildman–Crippen LogP) is 3.74. The molecular formula is C17H29N3O2S. The van der Waals surface area contributed by atoms with Gasteiger partial charge in [0.2, 0.25) is 0 Å². The molecule has 1 aromatic rings. The number of rotatable bonds is 8. The second-order valence-corrected chi connectivity index (χ2v) is 7.44. The second-order valence-electron chi connectivity index (χ2n) is 6.44. The molecule has 1 heterocycles. The van der Waals surface area contributed by atoms with Crippen LogP contribution in [-0.4, -0.2) is 36.2 Å². The van der Waals surface area contributed by atoms with E-state index in [-0.39, 0.29) is 12.0 Å². The lowest BCUT2D eigenvalue weighted by Gasteiger charge is -2.22. The summed E-state index contributed by atoms with van der Waals surface area (Å²) in [6.07, 6.45) is 7.38. The summed E-state index contributed by atoms with van der Waals surface area (Å²) in [4.78, 5) is 17.5.